The first-order chi connectivity index (χ1) is 14.6. The normalized spacial score (nSPS) is 18.3. The first-order valence-electron chi connectivity index (χ1n) is 10.4. The zero-order chi connectivity index (χ0) is 20.6. The standard InChI is InChI=1S/C22H24N6O2/c29-19(18-25-21-23-11-6-12-28(21)26-18)27-14-22(15-27,13-16-7-2-1-3-8-16)20(30)24-17-9-4-5-10-17/h1-3,6-8,11-12,17H,4-5,9-10,13-15H2,(H,24,30). The van der Waals surface area contributed by atoms with Crippen LogP contribution >= 0.6 is 0 Å². The molecule has 1 N–H and O–H groups in total. The number of benzene rings is 1. The van der Waals surface area contributed by atoms with E-state index < -0.39 is 5.41 Å². The summed E-state index contributed by atoms with van der Waals surface area (Å²) >= 11 is 0. The molecule has 1 saturated carbocycles. The van der Waals surface area contributed by atoms with E-state index in [0.29, 0.717) is 25.3 Å². The average molecular weight is 404 g/mol. The fraction of sp³-hybridized carbons (Fsp3) is 0.409. The quantitative estimate of drug-likeness (QED) is 0.701. The molecule has 1 aromatic carbocycles. The SMILES string of the molecule is O=C(c1nc2ncccn2n1)N1CC(Cc2ccccc2)(C(=O)NC2CCCC2)C1. The maximum atomic E-state index is 13.3. The molecule has 154 valence electrons. The molecule has 8 heteroatoms. The number of carbonyl (C=O) groups excluding carboxylic acids is 2. The smallest absolute Gasteiger partial charge is 0.293 e. The number of nitrogens with one attached hydrogen (secondary N) is 1. The highest BCUT2D eigenvalue weighted by Crippen LogP contribution is 2.36. The van der Waals surface area contributed by atoms with Gasteiger partial charge in [0.1, 0.15) is 0 Å². The number of carbonyl (C=O) groups is 2. The summed E-state index contributed by atoms with van der Waals surface area (Å²) in [6, 6.07) is 12.0. The highest BCUT2D eigenvalue weighted by Gasteiger charge is 2.52. The predicted octanol–water partition coefficient (Wildman–Crippen LogP) is 1.87. The van der Waals surface area contributed by atoms with Crippen LogP contribution in [-0.2, 0) is 11.2 Å². The van der Waals surface area contributed by atoms with E-state index in [-0.39, 0.29) is 23.7 Å². The molecule has 1 aliphatic carbocycles. The Hall–Kier alpha value is -3.29. The summed E-state index contributed by atoms with van der Waals surface area (Å²) in [7, 11) is 0. The van der Waals surface area contributed by atoms with Gasteiger partial charge in [0.05, 0.1) is 5.41 Å². The van der Waals surface area contributed by atoms with Crippen LogP contribution < -0.4 is 5.32 Å². The maximum absolute atomic E-state index is 13.3. The Kier molecular flexibility index (Phi) is 4.69. The molecular weight excluding hydrogens is 380 g/mol. The molecule has 2 amide bonds. The van der Waals surface area contributed by atoms with Gasteiger partial charge < -0.3 is 10.2 Å². The number of rotatable bonds is 5. The Morgan fingerprint density at radius 3 is 2.60 bits per heavy atom. The van der Waals surface area contributed by atoms with E-state index in [1.807, 2.05) is 30.3 Å². The van der Waals surface area contributed by atoms with Gasteiger partial charge in [0.25, 0.3) is 11.7 Å². The van der Waals surface area contributed by atoms with Crippen LogP contribution in [0.15, 0.2) is 48.8 Å². The Bertz CT molecular complexity index is 1030. The van der Waals surface area contributed by atoms with E-state index in [1.165, 1.54) is 4.52 Å². The Labute approximate surface area is 174 Å². The molecule has 30 heavy (non-hydrogen) atoms. The molecule has 0 radical (unpaired) electrons. The van der Waals surface area contributed by atoms with Crippen molar-refractivity contribution in [1.82, 2.24) is 29.8 Å². The largest absolute Gasteiger partial charge is 0.353 e. The fourth-order valence-electron chi connectivity index (χ4n) is 4.52. The van der Waals surface area contributed by atoms with Crippen LogP contribution in [0.25, 0.3) is 5.78 Å². The monoisotopic (exact) mass is 404 g/mol. The minimum absolute atomic E-state index is 0.0481. The molecule has 2 aromatic heterocycles. The summed E-state index contributed by atoms with van der Waals surface area (Å²) in [4.78, 5) is 36.2. The molecule has 0 spiro atoms. The number of hydrogen-bond acceptors (Lipinski definition) is 5. The first-order valence-corrected chi connectivity index (χ1v) is 10.4. The van der Waals surface area contributed by atoms with Gasteiger partial charge in [-0.15, -0.1) is 5.10 Å². The van der Waals surface area contributed by atoms with Crippen LogP contribution in [0.2, 0.25) is 0 Å². The van der Waals surface area contributed by atoms with Gasteiger partial charge >= 0.3 is 0 Å². The second-order valence-corrected chi connectivity index (χ2v) is 8.36. The summed E-state index contributed by atoms with van der Waals surface area (Å²) in [5.74, 6) is 0.277. The van der Waals surface area contributed by atoms with Crippen molar-refractivity contribution in [2.75, 3.05) is 13.1 Å². The van der Waals surface area contributed by atoms with E-state index >= 15 is 0 Å². The highest BCUT2D eigenvalue weighted by molar-refractivity contribution is 5.94. The lowest BCUT2D eigenvalue weighted by atomic mass is 9.73. The van der Waals surface area contributed by atoms with E-state index in [0.717, 1.165) is 31.2 Å². The number of hydrogen-bond donors (Lipinski definition) is 1. The van der Waals surface area contributed by atoms with Gasteiger partial charge in [-0.3, -0.25) is 9.59 Å². The molecule has 1 saturated heterocycles. The topological polar surface area (TPSA) is 92.5 Å². The molecule has 0 atom stereocenters. The van der Waals surface area contributed by atoms with Crippen molar-refractivity contribution in [2.24, 2.45) is 5.41 Å². The number of nitrogens with zero attached hydrogens (tertiary/aromatic N) is 5. The van der Waals surface area contributed by atoms with E-state index in [2.05, 4.69) is 20.4 Å². The van der Waals surface area contributed by atoms with Gasteiger partial charge in [0.2, 0.25) is 11.7 Å². The lowest BCUT2D eigenvalue weighted by Crippen LogP contribution is -2.66. The Balaban J connectivity index is 1.34. The van der Waals surface area contributed by atoms with Gasteiger partial charge in [0.15, 0.2) is 0 Å². The van der Waals surface area contributed by atoms with Gasteiger partial charge in [-0.2, -0.15) is 4.98 Å². The van der Waals surface area contributed by atoms with Crippen LogP contribution in [0.1, 0.15) is 41.9 Å². The minimum Gasteiger partial charge on any atom is -0.353 e. The van der Waals surface area contributed by atoms with E-state index in [9.17, 15) is 9.59 Å². The summed E-state index contributed by atoms with van der Waals surface area (Å²) in [6.07, 6.45) is 8.32. The molecule has 1 aliphatic heterocycles. The number of fused-ring (bicyclic) bond motifs is 1. The zero-order valence-corrected chi connectivity index (χ0v) is 16.7. The second-order valence-electron chi connectivity index (χ2n) is 8.36. The molecule has 2 aliphatic rings. The van der Waals surface area contributed by atoms with Crippen LogP contribution in [-0.4, -0.2) is 55.4 Å². The summed E-state index contributed by atoms with van der Waals surface area (Å²) in [5.41, 5.74) is 0.484. The van der Waals surface area contributed by atoms with Crippen molar-refractivity contribution in [3.63, 3.8) is 0 Å². The number of likely N-dealkylation sites (tertiary alicyclic amines) is 1. The molecule has 3 heterocycles. The Morgan fingerprint density at radius 1 is 1.10 bits per heavy atom. The summed E-state index contributed by atoms with van der Waals surface area (Å²) in [5, 5.41) is 7.47. The lowest BCUT2D eigenvalue weighted by Gasteiger charge is -2.49. The molecule has 0 bridgehead atoms. The third-order valence-corrected chi connectivity index (χ3v) is 6.14. The van der Waals surface area contributed by atoms with Gasteiger partial charge in [-0.05, 0) is 30.9 Å². The van der Waals surface area contributed by atoms with Crippen molar-refractivity contribution in [3.8, 4) is 0 Å². The van der Waals surface area contributed by atoms with Gasteiger partial charge in [0, 0.05) is 31.5 Å². The van der Waals surface area contributed by atoms with Crippen molar-refractivity contribution in [3.05, 3.63) is 60.2 Å². The third-order valence-electron chi connectivity index (χ3n) is 6.14. The van der Waals surface area contributed by atoms with Gasteiger partial charge in [-0.1, -0.05) is 43.2 Å². The predicted molar refractivity (Wildman–Crippen MR) is 110 cm³/mol. The third kappa shape index (κ3) is 3.42. The van der Waals surface area contributed by atoms with Crippen molar-refractivity contribution in [1.29, 1.82) is 0 Å². The Morgan fingerprint density at radius 2 is 1.87 bits per heavy atom. The summed E-state index contributed by atoms with van der Waals surface area (Å²) < 4.78 is 1.48. The maximum Gasteiger partial charge on any atom is 0.293 e. The summed E-state index contributed by atoms with van der Waals surface area (Å²) in [6.45, 7) is 0.727. The molecule has 2 fully saturated rings. The first kappa shape index (κ1) is 18.7. The fourth-order valence-corrected chi connectivity index (χ4v) is 4.52. The number of aromatic nitrogens is 4. The molecular formula is C22H24N6O2. The van der Waals surface area contributed by atoms with Crippen molar-refractivity contribution >= 4 is 17.6 Å². The molecule has 8 nitrogen and oxygen atoms in total. The zero-order valence-electron chi connectivity index (χ0n) is 16.7. The van der Waals surface area contributed by atoms with Gasteiger partial charge in [-0.25, -0.2) is 9.50 Å². The van der Waals surface area contributed by atoms with Crippen molar-refractivity contribution < 1.29 is 9.59 Å². The van der Waals surface area contributed by atoms with Crippen LogP contribution in [0.3, 0.4) is 0 Å². The number of amides is 2. The van der Waals surface area contributed by atoms with Crippen molar-refractivity contribution in [2.45, 2.75) is 38.1 Å². The van der Waals surface area contributed by atoms with Crippen LogP contribution in [0.4, 0.5) is 0 Å². The van der Waals surface area contributed by atoms with E-state index in [1.54, 1.807) is 23.4 Å². The molecule has 5 rings (SSSR count). The second kappa shape index (κ2) is 7.51. The average Bonchev–Trinajstić information content (AvgIpc) is 3.40. The molecule has 3 aromatic rings. The lowest BCUT2D eigenvalue weighted by molar-refractivity contribution is -0.140. The van der Waals surface area contributed by atoms with Crippen LogP contribution in [0.5, 0.6) is 0 Å². The van der Waals surface area contributed by atoms with E-state index in [4.69, 9.17) is 0 Å². The molecule has 0 unspecified atom stereocenters. The minimum atomic E-state index is -0.614. The highest BCUT2D eigenvalue weighted by atomic mass is 16.2. The van der Waals surface area contributed by atoms with Crippen LogP contribution in [0, 0.1) is 5.41 Å².